The lowest BCUT2D eigenvalue weighted by Crippen LogP contribution is -2.40. The Hall–Kier alpha value is -0.770. The van der Waals surface area contributed by atoms with Crippen LogP contribution in [-0.2, 0) is 4.74 Å². The van der Waals surface area contributed by atoms with Crippen LogP contribution in [-0.4, -0.2) is 43.3 Å². The van der Waals surface area contributed by atoms with E-state index in [0.717, 1.165) is 38.9 Å². The monoisotopic (exact) mass is 240 g/mol. The van der Waals surface area contributed by atoms with E-state index in [-0.39, 0.29) is 6.09 Å². The number of piperidine rings is 1. The molecule has 98 valence electrons. The molecule has 0 aromatic heterocycles. The van der Waals surface area contributed by atoms with E-state index in [0.29, 0.717) is 12.6 Å². The van der Waals surface area contributed by atoms with Gasteiger partial charge in [-0.25, -0.2) is 4.79 Å². The summed E-state index contributed by atoms with van der Waals surface area (Å²) in [5.74, 6) is 0. The molecule has 2 saturated heterocycles. The minimum absolute atomic E-state index is 0.112. The first-order chi connectivity index (χ1) is 8.36. The van der Waals surface area contributed by atoms with E-state index in [9.17, 15) is 4.79 Å². The Morgan fingerprint density at radius 2 is 1.88 bits per heavy atom. The SMILES string of the molecule is O=C(OCC1CCCCN1)N1CCCCCC1. The number of rotatable bonds is 2. The number of carbonyl (C=O) groups is 1. The van der Waals surface area contributed by atoms with Gasteiger partial charge in [-0.15, -0.1) is 0 Å². The molecule has 1 N–H and O–H groups in total. The number of hydrogen-bond acceptors (Lipinski definition) is 3. The fourth-order valence-corrected chi connectivity index (χ4v) is 2.58. The van der Waals surface area contributed by atoms with E-state index in [4.69, 9.17) is 4.74 Å². The molecule has 0 saturated carbocycles. The Balaban J connectivity index is 1.68. The van der Waals surface area contributed by atoms with Crippen LogP contribution >= 0.6 is 0 Å². The molecule has 1 atom stereocenters. The second-order valence-electron chi connectivity index (χ2n) is 5.13. The van der Waals surface area contributed by atoms with Gasteiger partial charge in [-0.3, -0.25) is 0 Å². The average Bonchev–Trinajstić information content (AvgIpc) is 2.66. The largest absolute Gasteiger partial charge is 0.448 e. The van der Waals surface area contributed by atoms with Crippen molar-refractivity contribution in [3.63, 3.8) is 0 Å². The average molecular weight is 240 g/mol. The summed E-state index contributed by atoms with van der Waals surface area (Å²) in [5, 5.41) is 3.39. The first-order valence-electron chi connectivity index (χ1n) is 7.01. The Labute approximate surface area is 104 Å². The van der Waals surface area contributed by atoms with Gasteiger partial charge in [-0.1, -0.05) is 19.3 Å². The summed E-state index contributed by atoms with van der Waals surface area (Å²) in [6, 6.07) is 0.375. The molecule has 0 spiro atoms. The standard InChI is InChI=1S/C13H24N2O2/c16-13(15-9-5-1-2-6-10-15)17-11-12-7-3-4-8-14-12/h12,14H,1-11H2. The van der Waals surface area contributed by atoms with Crippen molar-refractivity contribution in [2.24, 2.45) is 0 Å². The zero-order valence-corrected chi connectivity index (χ0v) is 10.6. The van der Waals surface area contributed by atoms with Gasteiger partial charge in [0, 0.05) is 19.1 Å². The Kier molecular flexibility index (Phi) is 5.10. The van der Waals surface area contributed by atoms with Crippen LogP contribution in [0.3, 0.4) is 0 Å². The fourth-order valence-electron chi connectivity index (χ4n) is 2.58. The minimum atomic E-state index is -0.112. The van der Waals surface area contributed by atoms with Crippen molar-refractivity contribution in [2.75, 3.05) is 26.2 Å². The molecule has 1 unspecified atom stereocenters. The Morgan fingerprint density at radius 1 is 1.12 bits per heavy atom. The van der Waals surface area contributed by atoms with Crippen molar-refractivity contribution in [3.8, 4) is 0 Å². The van der Waals surface area contributed by atoms with Crippen molar-refractivity contribution >= 4 is 6.09 Å². The number of amides is 1. The third-order valence-electron chi connectivity index (χ3n) is 3.68. The van der Waals surface area contributed by atoms with E-state index < -0.39 is 0 Å². The Bertz CT molecular complexity index is 232. The van der Waals surface area contributed by atoms with Crippen LogP contribution in [0.25, 0.3) is 0 Å². The molecule has 2 aliphatic rings. The third-order valence-corrected chi connectivity index (χ3v) is 3.68. The van der Waals surface area contributed by atoms with E-state index in [1.165, 1.54) is 25.7 Å². The van der Waals surface area contributed by atoms with E-state index in [2.05, 4.69) is 5.32 Å². The molecule has 2 fully saturated rings. The molecule has 0 bridgehead atoms. The molecule has 0 aromatic rings. The molecule has 4 nitrogen and oxygen atoms in total. The van der Waals surface area contributed by atoms with Gasteiger partial charge in [0.2, 0.25) is 0 Å². The lowest BCUT2D eigenvalue weighted by atomic mass is 10.1. The predicted octanol–water partition coefficient (Wildman–Crippen LogP) is 2.14. The summed E-state index contributed by atoms with van der Waals surface area (Å²) in [7, 11) is 0. The summed E-state index contributed by atoms with van der Waals surface area (Å²) >= 11 is 0. The molecular weight excluding hydrogens is 216 g/mol. The van der Waals surface area contributed by atoms with Gasteiger partial charge in [-0.2, -0.15) is 0 Å². The second kappa shape index (κ2) is 6.84. The maximum atomic E-state index is 11.9. The second-order valence-corrected chi connectivity index (χ2v) is 5.13. The van der Waals surface area contributed by atoms with Gasteiger partial charge in [0.25, 0.3) is 0 Å². The van der Waals surface area contributed by atoms with Crippen LogP contribution in [0.1, 0.15) is 44.9 Å². The van der Waals surface area contributed by atoms with Crippen LogP contribution in [0.2, 0.25) is 0 Å². The van der Waals surface area contributed by atoms with Gasteiger partial charge < -0.3 is 15.0 Å². The van der Waals surface area contributed by atoms with Gasteiger partial charge in [0.1, 0.15) is 6.61 Å². The summed E-state index contributed by atoms with van der Waals surface area (Å²) < 4.78 is 5.40. The highest BCUT2D eigenvalue weighted by atomic mass is 16.6. The first-order valence-corrected chi connectivity index (χ1v) is 7.01. The highest BCUT2D eigenvalue weighted by Crippen LogP contribution is 2.12. The van der Waals surface area contributed by atoms with Crippen molar-refractivity contribution < 1.29 is 9.53 Å². The van der Waals surface area contributed by atoms with Crippen molar-refractivity contribution in [3.05, 3.63) is 0 Å². The van der Waals surface area contributed by atoms with Crippen LogP contribution in [0.15, 0.2) is 0 Å². The lowest BCUT2D eigenvalue weighted by Gasteiger charge is -2.25. The fraction of sp³-hybridized carbons (Fsp3) is 0.923. The van der Waals surface area contributed by atoms with Crippen LogP contribution in [0, 0.1) is 0 Å². The molecular formula is C13H24N2O2. The highest BCUT2D eigenvalue weighted by molar-refractivity contribution is 5.67. The first kappa shape index (κ1) is 12.7. The molecule has 17 heavy (non-hydrogen) atoms. The molecule has 0 radical (unpaired) electrons. The minimum Gasteiger partial charge on any atom is -0.448 e. The highest BCUT2D eigenvalue weighted by Gasteiger charge is 2.19. The van der Waals surface area contributed by atoms with E-state index >= 15 is 0 Å². The van der Waals surface area contributed by atoms with Gasteiger partial charge >= 0.3 is 6.09 Å². The zero-order valence-electron chi connectivity index (χ0n) is 10.6. The number of likely N-dealkylation sites (tertiary alicyclic amines) is 1. The maximum absolute atomic E-state index is 11.9. The van der Waals surface area contributed by atoms with Gasteiger partial charge in [-0.05, 0) is 32.2 Å². The topological polar surface area (TPSA) is 41.6 Å². The molecule has 2 aliphatic heterocycles. The van der Waals surface area contributed by atoms with E-state index in [1.54, 1.807) is 0 Å². The Morgan fingerprint density at radius 3 is 2.53 bits per heavy atom. The van der Waals surface area contributed by atoms with Gasteiger partial charge in [0.15, 0.2) is 0 Å². The summed E-state index contributed by atoms with van der Waals surface area (Å²) in [6.45, 7) is 3.34. The summed E-state index contributed by atoms with van der Waals surface area (Å²) in [6.07, 6.45) is 8.25. The smallest absolute Gasteiger partial charge is 0.409 e. The number of nitrogens with zero attached hydrogens (tertiary/aromatic N) is 1. The molecule has 1 amide bonds. The van der Waals surface area contributed by atoms with Crippen LogP contribution in [0.5, 0.6) is 0 Å². The van der Waals surface area contributed by atoms with Crippen molar-refractivity contribution in [2.45, 2.75) is 51.0 Å². The van der Waals surface area contributed by atoms with Crippen LogP contribution in [0.4, 0.5) is 4.79 Å². The van der Waals surface area contributed by atoms with E-state index in [1.807, 2.05) is 4.90 Å². The lowest BCUT2D eigenvalue weighted by molar-refractivity contribution is 0.0904. The van der Waals surface area contributed by atoms with Crippen molar-refractivity contribution in [1.82, 2.24) is 10.2 Å². The third kappa shape index (κ3) is 4.19. The number of ether oxygens (including phenoxy) is 1. The molecule has 2 heterocycles. The normalized spacial score (nSPS) is 26.4. The number of nitrogens with one attached hydrogen (secondary N) is 1. The quantitative estimate of drug-likeness (QED) is 0.804. The van der Waals surface area contributed by atoms with Crippen LogP contribution < -0.4 is 5.32 Å². The molecule has 0 aliphatic carbocycles. The van der Waals surface area contributed by atoms with Crippen molar-refractivity contribution in [1.29, 1.82) is 0 Å². The number of carbonyl (C=O) groups excluding carboxylic acids is 1. The summed E-state index contributed by atoms with van der Waals surface area (Å²) in [5.41, 5.74) is 0. The maximum Gasteiger partial charge on any atom is 0.409 e. The molecule has 2 rings (SSSR count). The molecule has 0 aromatic carbocycles. The summed E-state index contributed by atoms with van der Waals surface area (Å²) in [4.78, 5) is 13.7. The molecule has 4 heteroatoms. The zero-order chi connectivity index (χ0) is 11.9. The van der Waals surface area contributed by atoms with Gasteiger partial charge in [0.05, 0.1) is 0 Å². The predicted molar refractivity (Wildman–Crippen MR) is 67.0 cm³/mol. The number of hydrogen-bond donors (Lipinski definition) is 1.